The lowest BCUT2D eigenvalue weighted by atomic mass is 9.80. The second-order valence-electron chi connectivity index (χ2n) is 6.89. The molecule has 1 atom stereocenters. The Hall–Kier alpha value is -2.54. The van der Waals surface area contributed by atoms with Gasteiger partial charge in [-0.05, 0) is 42.5 Å². The van der Waals surface area contributed by atoms with Gasteiger partial charge in [-0.3, -0.25) is 0 Å². The van der Waals surface area contributed by atoms with Crippen LogP contribution in [-0.2, 0) is 0 Å². The van der Waals surface area contributed by atoms with E-state index in [0.29, 0.717) is 12.0 Å². The average Bonchev–Trinajstić information content (AvgIpc) is 2.71. The molecule has 4 rings (SSSR count). The smallest absolute Gasteiger partial charge is 0.0399 e. The van der Waals surface area contributed by atoms with Crippen molar-refractivity contribution in [2.75, 3.05) is 11.4 Å². The lowest BCUT2D eigenvalue weighted by molar-refractivity contribution is 0.427. The van der Waals surface area contributed by atoms with E-state index in [9.17, 15) is 0 Å². The summed E-state index contributed by atoms with van der Waals surface area (Å²) < 4.78 is 0. The van der Waals surface area contributed by atoms with Crippen LogP contribution in [0.4, 0.5) is 5.69 Å². The van der Waals surface area contributed by atoms with Crippen molar-refractivity contribution in [2.45, 2.75) is 31.2 Å². The minimum atomic E-state index is 0.405. The topological polar surface area (TPSA) is 3.24 Å². The fraction of sp³-hybridized carbons (Fsp3) is 0.250. The molecule has 0 bridgehead atoms. The molecule has 1 nitrogen and oxygen atoms in total. The number of anilines is 1. The Morgan fingerprint density at radius 1 is 0.640 bits per heavy atom. The lowest BCUT2D eigenvalue weighted by Gasteiger charge is -2.42. The molecule has 1 heteroatoms. The number of piperidine rings is 1. The van der Waals surface area contributed by atoms with Crippen molar-refractivity contribution in [2.24, 2.45) is 0 Å². The summed E-state index contributed by atoms with van der Waals surface area (Å²) in [7, 11) is 0. The minimum absolute atomic E-state index is 0.405. The van der Waals surface area contributed by atoms with Gasteiger partial charge in [-0.2, -0.15) is 0 Å². The fourth-order valence-corrected chi connectivity index (χ4v) is 4.20. The SMILES string of the molecule is c1ccc(C(c2ccccc2)[C@H]2CCCCN2c2ccccc2)cc1. The highest BCUT2D eigenvalue weighted by Crippen LogP contribution is 2.37. The van der Waals surface area contributed by atoms with Gasteiger partial charge in [0.05, 0.1) is 0 Å². The summed E-state index contributed by atoms with van der Waals surface area (Å²) in [4.78, 5) is 2.63. The largest absolute Gasteiger partial charge is 0.368 e. The third kappa shape index (κ3) is 3.46. The highest BCUT2D eigenvalue weighted by Gasteiger charge is 2.32. The Kier molecular flexibility index (Phi) is 4.83. The summed E-state index contributed by atoms with van der Waals surface area (Å²) in [5.74, 6) is 0.405. The first-order valence-electron chi connectivity index (χ1n) is 9.35. The summed E-state index contributed by atoms with van der Waals surface area (Å²) in [6.45, 7) is 1.14. The van der Waals surface area contributed by atoms with E-state index in [1.807, 2.05) is 0 Å². The van der Waals surface area contributed by atoms with Crippen molar-refractivity contribution in [1.82, 2.24) is 0 Å². The quantitative estimate of drug-likeness (QED) is 0.578. The van der Waals surface area contributed by atoms with E-state index in [1.165, 1.54) is 36.1 Å². The molecule has 0 aromatic heterocycles. The minimum Gasteiger partial charge on any atom is -0.368 e. The first-order chi connectivity index (χ1) is 12.4. The van der Waals surface area contributed by atoms with Crippen LogP contribution in [0, 0.1) is 0 Å². The van der Waals surface area contributed by atoms with Crippen LogP contribution in [-0.4, -0.2) is 12.6 Å². The Morgan fingerprint density at radius 3 is 1.72 bits per heavy atom. The molecule has 0 unspecified atom stereocenters. The first kappa shape index (κ1) is 16.0. The summed E-state index contributed by atoms with van der Waals surface area (Å²) >= 11 is 0. The molecule has 0 saturated carbocycles. The summed E-state index contributed by atoms with van der Waals surface area (Å²) in [6.07, 6.45) is 3.83. The molecule has 3 aromatic rings. The van der Waals surface area contributed by atoms with Crippen molar-refractivity contribution in [3.63, 3.8) is 0 Å². The number of hydrogen-bond acceptors (Lipinski definition) is 1. The molecule has 0 spiro atoms. The summed E-state index contributed by atoms with van der Waals surface area (Å²) in [5.41, 5.74) is 4.19. The molecule has 1 heterocycles. The molecule has 0 radical (unpaired) electrons. The number of para-hydroxylation sites is 1. The van der Waals surface area contributed by atoms with Crippen LogP contribution < -0.4 is 4.90 Å². The van der Waals surface area contributed by atoms with E-state index in [4.69, 9.17) is 0 Å². The van der Waals surface area contributed by atoms with E-state index >= 15 is 0 Å². The van der Waals surface area contributed by atoms with Crippen molar-refractivity contribution >= 4 is 5.69 Å². The van der Waals surface area contributed by atoms with Crippen LogP contribution in [0.1, 0.15) is 36.3 Å². The number of rotatable bonds is 4. The number of benzene rings is 3. The van der Waals surface area contributed by atoms with Crippen LogP contribution in [0.3, 0.4) is 0 Å². The second kappa shape index (κ2) is 7.57. The molecule has 1 aliphatic heterocycles. The van der Waals surface area contributed by atoms with Gasteiger partial charge in [0.25, 0.3) is 0 Å². The van der Waals surface area contributed by atoms with Gasteiger partial charge >= 0.3 is 0 Å². The molecular weight excluding hydrogens is 302 g/mol. The maximum absolute atomic E-state index is 2.63. The van der Waals surface area contributed by atoms with Crippen molar-refractivity contribution in [3.8, 4) is 0 Å². The number of hydrogen-bond donors (Lipinski definition) is 0. The predicted molar refractivity (Wildman–Crippen MR) is 106 cm³/mol. The Labute approximate surface area is 150 Å². The van der Waals surface area contributed by atoms with Gasteiger partial charge in [-0.1, -0.05) is 78.9 Å². The molecule has 3 aromatic carbocycles. The van der Waals surface area contributed by atoms with Crippen molar-refractivity contribution in [1.29, 1.82) is 0 Å². The van der Waals surface area contributed by atoms with Crippen LogP contribution in [0.5, 0.6) is 0 Å². The van der Waals surface area contributed by atoms with Crippen LogP contribution in [0.25, 0.3) is 0 Å². The molecule has 1 aliphatic rings. The Morgan fingerprint density at radius 2 is 1.16 bits per heavy atom. The van der Waals surface area contributed by atoms with Gasteiger partial charge in [0, 0.05) is 24.2 Å². The van der Waals surface area contributed by atoms with Gasteiger partial charge in [-0.25, -0.2) is 0 Å². The Bertz CT molecular complexity index is 727. The molecule has 0 amide bonds. The molecule has 126 valence electrons. The zero-order valence-corrected chi connectivity index (χ0v) is 14.6. The highest BCUT2D eigenvalue weighted by atomic mass is 15.2. The van der Waals surface area contributed by atoms with E-state index in [-0.39, 0.29) is 0 Å². The Balaban J connectivity index is 1.77. The van der Waals surface area contributed by atoms with Gasteiger partial charge in [0.15, 0.2) is 0 Å². The van der Waals surface area contributed by atoms with Gasteiger partial charge < -0.3 is 4.90 Å². The first-order valence-corrected chi connectivity index (χ1v) is 9.35. The highest BCUT2D eigenvalue weighted by molar-refractivity contribution is 5.50. The third-order valence-electron chi connectivity index (χ3n) is 5.34. The number of nitrogens with zero attached hydrogens (tertiary/aromatic N) is 1. The zero-order valence-electron chi connectivity index (χ0n) is 14.6. The van der Waals surface area contributed by atoms with E-state index in [2.05, 4.69) is 95.9 Å². The lowest BCUT2D eigenvalue weighted by Crippen LogP contribution is -2.43. The molecule has 1 fully saturated rings. The van der Waals surface area contributed by atoms with Crippen LogP contribution in [0.2, 0.25) is 0 Å². The van der Waals surface area contributed by atoms with Crippen LogP contribution >= 0.6 is 0 Å². The summed E-state index contributed by atoms with van der Waals surface area (Å²) in [5, 5.41) is 0. The predicted octanol–water partition coefficient (Wildman–Crippen LogP) is 5.88. The fourth-order valence-electron chi connectivity index (χ4n) is 4.20. The van der Waals surface area contributed by atoms with E-state index in [0.717, 1.165) is 6.54 Å². The summed E-state index contributed by atoms with van der Waals surface area (Å²) in [6, 6.07) is 33.5. The average molecular weight is 327 g/mol. The van der Waals surface area contributed by atoms with Gasteiger partial charge in [-0.15, -0.1) is 0 Å². The van der Waals surface area contributed by atoms with Crippen molar-refractivity contribution in [3.05, 3.63) is 102 Å². The third-order valence-corrected chi connectivity index (χ3v) is 5.34. The molecule has 1 saturated heterocycles. The normalized spacial score (nSPS) is 17.6. The van der Waals surface area contributed by atoms with Gasteiger partial charge in [0.2, 0.25) is 0 Å². The standard InChI is InChI=1S/C24H25N/c1-4-12-20(13-5-1)24(21-14-6-2-7-15-21)23-18-10-11-19-25(23)22-16-8-3-9-17-22/h1-9,12-17,23-24H,10-11,18-19H2/t23-/m1/s1. The molecule has 0 N–H and O–H groups in total. The van der Waals surface area contributed by atoms with Gasteiger partial charge in [0.1, 0.15) is 0 Å². The second-order valence-corrected chi connectivity index (χ2v) is 6.89. The molecule has 0 aliphatic carbocycles. The van der Waals surface area contributed by atoms with Crippen LogP contribution in [0.15, 0.2) is 91.0 Å². The molecular formula is C24H25N. The monoisotopic (exact) mass is 327 g/mol. The maximum Gasteiger partial charge on any atom is 0.0399 e. The van der Waals surface area contributed by atoms with Crippen molar-refractivity contribution < 1.29 is 0 Å². The molecule has 25 heavy (non-hydrogen) atoms. The maximum atomic E-state index is 2.63. The van der Waals surface area contributed by atoms with E-state index in [1.54, 1.807) is 0 Å². The van der Waals surface area contributed by atoms with E-state index < -0.39 is 0 Å². The zero-order chi connectivity index (χ0) is 16.9.